The molecule has 5 nitrogen and oxygen atoms in total. The van der Waals surface area contributed by atoms with E-state index in [1.54, 1.807) is 0 Å². The number of nitrogens with one attached hydrogen (secondary N) is 1. The van der Waals surface area contributed by atoms with Crippen LogP contribution in [0.4, 0.5) is 0 Å². The Balaban J connectivity index is 2.33. The Hall–Kier alpha value is -1.05. The predicted octanol–water partition coefficient (Wildman–Crippen LogP) is 1.86. The van der Waals surface area contributed by atoms with E-state index in [1.807, 2.05) is 31.2 Å². The van der Waals surface area contributed by atoms with Crippen molar-refractivity contribution in [2.24, 2.45) is 5.73 Å². The van der Waals surface area contributed by atoms with Crippen molar-refractivity contribution in [3.8, 4) is 0 Å². The molecule has 0 spiro atoms. The van der Waals surface area contributed by atoms with Crippen molar-refractivity contribution in [2.75, 3.05) is 18.6 Å². The van der Waals surface area contributed by atoms with Crippen molar-refractivity contribution >= 4 is 39.6 Å². The molecular formula is C14H19BrN2O3S. The molecule has 0 saturated heterocycles. The number of methoxy groups -OCH3 is 1. The molecular weight excluding hydrogens is 356 g/mol. The molecule has 0 radical (unpaired) electrons. The Bertz CT molecular complexity index is 482. The van der Waals surface area contributed by atoms with E-state index in [0.29, 0.717) is 5.75 Å². The zero-order valence-corrected chi connectivity index (χ0v) is 14.4. The normalized spacial score (nSPS) is 13.3. The van der Waals surface area contributed by atoms with Crippen LogP contribution in [0.3, 0.4) is 0 Å². The number of rotatable bonds is 7. The van der Waals surface area contributed by atoms with Crippen LogP contribution in [0.2, 0.25) is 0 Å². The van der Waals surface area contributed by atoms with Gasteiger partial charge in [0.1, 0.15) is 6.04 Å². The van der Waals surface area contributed by atoms with E-state index < -0.39 is 12.0 Å². The largest absolute Gasteiger partial charge is 0.468 e. The van der Waals surface area contributed by atoms with Crippen LogP contribution in [0, 0.1) is 0 Å². The van der Waals surface area contributed by atoms with Crippen molar-refractivity contribution in [1.82, 2.24) is 5.32 Å². The monoisotopic (exact) mass is 374 g/mol. The van der Waals surface area contributed by atoms with Gasteiger partial charge in [0, 0.05) is 10.2 Å². The smallest absolute Gasteiger partial charge is 0.323 e. The molecule has 3 N–H and O–H groups in total. The SMILES string of the molecule is COC(=O)C(N)CSCC(=O)NC(C)c1ccc(Br)cc1. The van der Waals surface area contributed by atoms with Gasteiger partial charge in [-0.25, -0.2) is 0 Å². The third-order valence-electron chi connectivity index (χ3n) is 2.78. The fourth-order valence-corrected chi connectivity index (χ4v) is 2.66. The minimum Gasteiger partial charge on any atom is -0.468 e. The summed E-state index contributed by atoms with van der Waals surface area (Å²) in [7, 11) is 1.29. The van der Waals surface area contributed by atoms with E-state index in [1.165, 1.54) is 18.9 Å². The first-order chi connectivity index (χ1) is 9.93. The molecule has 2 atom stereocenters. The highest BCUT2D eigenvalue weighted by Gasteiger charge is 2.15. The van der Waals surface area contributed by atoms with Gasteiger partial charge in [-0.3, -0.25) is 9.59 Å². The highest BCUT2D eigenvalue weighted by atomic mass is 79.9. The molecule has 0 aliphatic heterocycles. The topological polar surface area (TPSA) is 81.4 Å². The van der Waals surface area contributed by atoms with Gasteiger partial charge in [-0.2, -0.15) is 0 Å². The second-order valence-electron chi connectivity index (χ2n) is 4.49. The summed E-state index contributed by atoms with van der Waals surface area (Å²) >= 11 is 4.68. The quantitative estimate of drug-likeness (QED) is 0.711. The van der Waals surface area contributed by atoms with Gasteiger partial charge in [-0.1, -0.05) is 28.1 Å². The molecule has 116 valence electrons. The molecule has 7 heteroatoms. The van der Waals surface area contributed by atoms with Gasteiger partial charge in [0.15, 0.2) is 0 Å². The number of thioether (sulfide) groups is 1. The molecule has 0 aliphatic carbocycles. The number of ether oxygens (including phenoxy) is 1. The summed E-state index contributed by atoms with van der Waals surface area (Å²) in [5.74, 6) is 0.0526. The summed E-state index contributed by atoms with van der Waals surface area (Å²) in [4.78, 5) is 22.9. The van der Waals surface area contributed by atoms with E-state index in [2.05, 4.69) is 26.0 Å². The van der Waals surface area contributed by atoms with Crippen LogP contribution in [-0.2, 0) is 14.3 Å². The van der Waals surface area contributed by atoms with Gasteiger partial charge in [-0.05, 0) is 24.6 Å². The summed E-state index contributed by atoms with van der Waals surface area (Å²) < 4.78 is 5.52. The maximum atomic E-state index is 11.8. The van der Waals surface area contributed by atoms with E-state index in [9.17, 15) is 9.59 Å². The van der Waals surface area contributed by atoms with Crippen molar-refractivity contribution < 1.29 is 14.3 Å². The van der Waals surface area contributed by atoms with Crippen molar-refractivity contribution in [3.05, 3.63) is 34.3 Å². The Morgan fingerprint density at radius 3 is 2.57 bits per heavy atom. The summed E-state index contributed by atoms with van der Waals surface area (Å²) in [6.07, 6.45) is 0. The highest BCUT2D eigenvalue weighted by Crippen LogP contribution is 2.16. The van der Waals surface area contributed by atoms with Crippen molar-refractivity contribution in [3.63, 3.8) is 0 Å². The molecule has 0 heterocycles. The Kier molecular flexibility index (Phi) is 7.77. The van der Waals surface area contributed by atoms with Crippen LogP contribution in [0.15, 0.2) is 28.7 Å². The third kappa shape index (κ3) is 6.50. The van der Waals surface area contributed by atoms with Gasteiger partial charge in [0.25, 0.3) is 0 Å². The highest BCUT2D eigenvalue weighted by molar-refractivity contribution is 9.10. The van der Waals surface area contributed by atoms with Crippen LogP contribution in [0.5, 0.6) is 0 Å². The van der Waals surface area contributed by atoms with E-state index >= 15 is 0 Å². The van der Waals surface area contributed by atoms with Crippen LogP contribution in [0.25, 0.3) is 0 Å². The standard InChI is InChI=1S/C14H19BrN2O3S/c1-9(10-3-5-11(15)6-4-10)17-13(18)8-21-7-12(16)14(19)20-2/h3-6,9,12H,7-8,16H2,1-2H3,(H,17,18). The molecule has 0 fully saturated rings. The zero-order valence-electron chi connectivity index (χ0n) is 12.0. The molecule has 0 aromatic heterocycles. The lowest BCUT2D eigenvalue weighted by Gasteiger charge is -2.15. The number of carbonyl (C=O) groups excluding carboxylic acids is 2. The molecule has 0 saturated carbocycles. The summed E-state index contributed by atoms with van der Waals surface area (Å²) in [6, 6.07) is 7.01. The molecule has 0 aliphatic rings. The van der Waals surface area contributed by atoms with Gasteiger partial charge in [0.05, 0.1) is 18.9 Å². The van der Waals surface area contributed by atoms with Gasteiger partial charge < -0.3 is 15.8 Å². The molecule has 1 amide bonds. The van der Waals surface area contributed by atoms with Crippen molar-refractivity contribution in [1.29, 1.82) is 0 Å². The second-order valence-corrected chi connectivity index (χ2v) is 6.43. The first-order valence-electron chi connectivity index (χ1n) is 6.40. The number of halogens is 1. The maximum absolute atomic E-state index is 11.8. The molecule has 1 rings (SSSR count). The number of benzene rings is 1. The maximum Gasteiger partial charge on any atom is 0.323 e. The summed E-state index contributed by atoms with van der Waals surface area (Å²) in [6.45, 7) is 1.92. The van der Waals surface area contributed by atoms with Gasteiger partial charge in [-0.15, -0.1) is 11.8 Å². The number of carbonyl (C=O) groups is 2. The van der Waals surface area contributed by atoms with Gasteiger partial charge >= 0.3 is 5.97 Å². The molecule has 1 aromatic rings. The second kappa shape index (κ2) is 9.07. The lowest BCUT2D eigenvalue weighted by Crippen LogP contribution is -2.35. The first-order valence-corrected chi connectivity index (χ1v) is 8.34. The Morgan fingerprint density at radius 1 is 1.38 bits per heavy atom. The molecule has 0 bridgehead atoms. The van der Waals surface area contributed by atoms with E-state index in [4.69, 9.17) is 5.73 Å². The van der Waals surface area contributed by atoms with Gasteiger partial charge in [0.2, 0.25) is 5.91 Å². The lowest BCUT2D eigenvalue weighted by molar-refractivity contribution is -0.141. The van der Waals surface area contributed by atoms with Crippen LogP contribution in [0.1, 0.15) is 18.5 Å². The minimum atomic E-state index is -0.698. The summed E-state index contributed by atoms with van der Waals surface area (Å²) in [5.41, 5.74) is 6.62. The molecule has 21 heavy (non-hydrogen) atoms. The molecule has 2 unspecified atom stereocenters. The zero-order chi connectivity index (χ0) is 15.8. The number of hydrogen-bond donors (Lipinski definition) is 2. The average molecular weight is 375 g/mol. The third-order valence-corrected chi connectivity index (χ3v) is 4.37. The molecule has 1 aromatic carbocycles. The first kappa shape index (κ1) is 18.0. The van der Waals surface area contributed by atoms with E-state index in [-0.39, 0.29) is 17.7 Å². The fourth-order valence-electron chi connectivity index (χ4n) is 1.62. The summed E-state index contributed by atoms with van der Waals surface area (Å²) in [5, 5.41) is 2.90. The van der Waals surface area contributed by atoms with Crippen molar-refractivity contribution in [2.45, 2.75) is 19.0 Å². The number of hydrogen-bond acceptors (Lipinski definition) is 5. The Morgan fingerprint density at radius 2 is 2.00 bits per heavy atom. The predicted molar refractivity (Wildman–Crippen MR) is 88.0 cm³/mol. The lowest BCUT2D eigenvalue weighted by atomic mass is 10.1. The van der Waals surface area contributed by atoms with Crippen LogP contribution < -0.4 is 11.1 Å². The Labute approximate surface area is 137 Å². The minimum absolute atomic E-state index is 0.0690. The fraction of sp³-hybridized carbons (Fsp3) is 0.429. The van der Waals surface area contributed by atoms with Crippen LogP contribution >= 0.6 is 27.7 Å². The van der Waals surface area contributed by atoms with Crippen LogP contribution in [-0.4, -0.2) is 36.5 Å². The van der Waals surface area contributed by atoms with E-state index in [0.717, 1.165) is 10.0 Å². The average Bonchev–Trinajstić information content (AvgIpc) is 2.46. The number of nitrogens with two attached hydrogens (primary N) is 1. The number of amides is 1. The number of esters is 1.